The number of fused-ring (bicyclic) bond motifs is 12. The number of hydrogen-bond donors (Lipinski definition) is 0. The molecule has 59 heavy (non-hydrogen) atoms. The summed E-state index contributed by atoms with van der Waals surface area (Å²) in [5.41, 5.74) is 18.0. The van der Waals surface area contributed by atoms with Crippen LogP contribution in [0.25, 0.3) is 67.5 Å². The Morgan fingerprint density at radius 2 is 0.780 bits per heavy atom. The molecule has 0 N–H and O–H groups in total. The minimum atomic E-state index is -0.377. The molecule has 0 amide bonds. The van der Waals surface area contributed by atoms with Gasteiger partial charge in [-0.25, -0.2) is 15.0 Å². The maximum Gasteiger partial charge on any atom is 0.164 e. The van der Waals surface area contributed by atoms with E-state index in [0.717, 1.165) is 22.3 Å². The van der Waals surface area contributed by atoms with Crippen molar-refractivity contribution in [1.82, 2.24) is 15.0 Å². The lowest BCUT2D eigenvalue weighted by Crippen LogP contribution is -2.31. The summed E-state index contributed by atoms with van der Waals surface area (Å²) in [4.78, 5) is 17.9. The average Bonchev–Trinajstić information content (AvgIpc) is 3.72. The van der Waals surface area contributed by atoms with Crippen molar-refractivity contribution < 1.29 is 0 Å². The van der Waals surface area contributed by atoms with E-state index in [2.05, 4.69) is 184 Å². The molecule has 9 aromatic rings. The molecule has 2 heterocycles. The lowest BCUT2D eigenvalue weighted by molar-refractivity contribution is 0.660. The van der Waals surface area contributed by atoms with Crippen LogP contribution in [0.4, 0.5) is 0 Å². The Morgan fingerprint density at radius 1 is 0.322 bits per heavy atom. The third kappa shape index (κ3) is 5.00. The minimum absolute atomic E-state index is 0.124. The highest BCUT2D eigenvalue weighted by Gasteiger charge is 2.50. The van der Waals surface area contributed by atoms with Gasteiger partial charge >= 0.3 is 0 Å². The zero-order valence-corrected chi connectivity index (χ0v) is 33.5. The van der Waals surface area contributed by atoms with Crippen LogP contribution in [-0.2, 0) is 10.8 Å². The van der Waals surface area contributed by atoms with Crippen LogP contribution >= 0.6 is 11.8 Å². The summed E-state index contributed by atoms with van der Waals surface area (Å²) in [7, 11) is 0. The van der Waals surface area contributed by atoms with Gasteiger partial charge < -0.3 is 0 Å². The summed E-state index contributed by atoms with van der Waals surface area (Å²) in [5, 5.41) is 0. The van der Waals surface area contributed by atoms with Crippen molar-refractivity contribution in [3.8, 4) is 67.5 Å². The van der Waals surface area contributed by atoms with Crippen LogP contribution in [0.15, 0.2) is 198 Å². The molecule has 0 bridgehead atoms. The molecule has 8 aromatic carbocycles. The van der Waals surface area contributed by atoms with Gasteiger partial charge in [0.1, 0.15) is 0 Å². The summed E-state index contributed by atoms with van der Waals surface area (Å²) < 4.78 is 0. The van der Waals surface area contributed by atoms with E-state index in [9.17, 15) is 0 Å². The van der Waals surface area contributed by atoms with Gasteiger partial charge in [-0.15, -0.1) is 0 Å². The average molecular weight is 772 g/mol. The molecule has 12 rings (SSSR count). The van der Waals surface area contributed by atoms with Crippen molar-refractivity contribution in [1.29, 1.82) is 0 Å². The van der Waals surface area contributed by atoms with Crippen LogP contribution < -0.4 is 0 Å². The number of rotatable bonds is 4. The van der Waals surface area contributed by atoms with Crippen molar-refractivity contribution in [3.05, 3.63) is 221 Å². The molecule has 2 aliphatic carbocycles. The third-order valence-corrected chi connectivity index (χ3v) is 14.0. The van der Waals surface area contributed by atoms with Crippen molar-refractivity contribution in [2.24, 2.45) is 0 Å². The van der Waals surface area contributed by atoms with Gasteiger partial charge in [0.15, 0.2) is 17.5 Å². The summed E-state index contributed by atoms with van der Waals surface area (Å²) in [6, 6.07) is 68.3. The Balaban J connectivity index is 0.947. The molecule has 0 radical (unpaired) electrons. The lowest BCUT2D eigenvalue weighted by atomic mass is 9.67. The van der Waals surface area contributed by atoms with Crippen LogP contribution in [-0.4, -0.2) is 15.0 Å². The molecule has 0 fully saturated rings. The first-order chi connectivity index (χ1) is 29.0. The summed E-state index contributed by atoms with van der Waals surface area (Å²) in [6.45, 7) is 4.62. The normalized spacial score (nSPS) is 14.5. The summed E-state index contributed by atoms with van der Waals surface area (Å²) >= 11 is 1.88. The monoisotopic (exact) mass is 771 g/mol. The topological polar surface area (TPSA) is 38.7 Å². The lowest BCUT2D eigenvalue weighted by Gasteiger charge is -2.39. The first-order valence-corrected chi connectivity index (χ1v) is 21.1. The van der Waals surface area contributed by atoms with Gasteiger partial charge in [0.25, 0.3) is 0 Å². The number of nitrogens with zero attached hydrogens (tertiary/aromatic N) is 3. The minimum Gasteiger partial charge on any atom is -0.208 e. The molecule has 0 saturated heterocycles. The molecule has 0 atom stereocenters. The van der Waals surface area contributed by atoms with E-state index in [4.69, 9.17) is 15.0 Å². The van der Waals surface area contributed by atoms with Gasteiger partial charge in [0.05, 0.1) is 5.41 Å². The fourth-order valence-corrected chi connectivity index (χ4v) is 11.3. The third-order valence-electron chi connectivity index (χ3n) is 12.8. The van der Waals surface area contributed by atoms with Gasteiger partial charge in [-0.05, 0) is 85.0 Å². The molecule has 1 aliphatic heterocycles. The Morgan fingerprint density at radius 3 is 1.46 bits per heavy atom. The molecule has 3 nitrogen and oxygen atoms in total. The molecule has 0 saturated carbocycles. The van der Waals surface area contributed by atoms with Crippen LogP contribution in [0.5, 0.6) is 0 Å². The molecular weight excluding hydrogens is 735 g/mol. The van der Waals surface area contributed by atoms with E-state index in [1.54, 1.807) is 0 Å². The van der Waals surface area contributed by atoms with E-state index in [1.807, 2.05) is 30.0 Å². The second kappa shape index (κ2) is 12.8. The number of hydrogen-bond acceptors (Lipinski definition) is 4. The predicted molar refractivity (Wildman–Crippen MR) is 241 cm³/mol. The Labute approximate surface area is 348 Å². The molecule has 3 aliphatic rings. The molecule has 4 heteroatoms. The van der Waals surface area contributed by atoms with Crippen LogP contribution in [0.1, 0.15) is 47.2 Å². The van der Waals surface area contributed by atoms with Crippen LogP contribution in [0.2, 0.25) is 0 Å². The highest BCUT2D eigenvalue weighted by atomic mass is 32.2. The van der Waals surface area contributed by atoms with Gasteiger partial charge in [0.2, 0.25) is 0 Å². The number of benzene rings is 8. The molecule has 278 valence electrons. The van der Waals surface area contributed by atoms with E-state index >= 15 is 0 Å². The summed E-state index contributed by atoms with van der Waals surface area (Å²) in [6.07, 6.45) is 0. The Kier molecular flexibility index (Phi) is 7.42. The Bertz CT molecular complexity index is 3120. The largest absolute Gasteiger partial charge is 0.208 e. The molecule has 1 spiro atoms. The molecule has 0 unspecified atom stereocenters. The van der Waals surface area contributed by atoms with Crippen LogP contribution in [0, 0.1) is 0 Å². The smallest absolute Gasteiger partial charge is 0.164 e. The fraction of sp³-hybridized carbons (Fsp3) is 0.0727. The van der Waals surface area contributed by atoms with Crippen molar-refractivity contribution in [2.45, 2.75) is 34.5 Å². The van der Waals surface area contributed by atoms with Crippen LogP contribution in [0.3, 0.4) is 0 Å². The first-order valence-electron chi connectivity index (χ1n) is 20.3. The zero-order valence-electron chi connectivity index (χ0n) is 32.6. The highest BCUT2D eigenvalue weighted by molar-refractivity contribution is 7.99. The van der Waals surface area contributed by atoms with Gasteiger partial charge in [-0.1, -0.05) is 195 Å². The number of aromatic nitrogens is 3. The van der Waals surface area contributed by atoms with E-state index in [-0.39, 0.29) is 10.8 Å². The predicted octanol–water partition coefficient (Wildman–Crippen LogP) is 13.7. The van der Waals surface area contributed by atoms with Crippen molar-refractivity contribution in [3.63, 3.8) is 0 Å². The SMILES string of the molecule is CC1(C)c2ccccc2-c2ccc(-c3nc(-c4ccccc4)nc(-c4ccc(-c5ccc6c(c5)Sc5ccccc5C65c6ccccc6-c6ccccc65)cc4)n3)cc21. The van der Waals surface area contributed by atoms with E-state index in [0.29, 0.717) is 17.5 Å². The maximum absolute atomic E-state index is 5.16. The van der Waals surface area contributed by atoms with E-state index in [1.165, 1.54) is 71.0 Å². The highest BCUT2D eigenvalue weighted by Crippen LogP contribution is 2.62. The fourth-order valence-electron chi connectivity index (χ4n) is 10.0. The van der Waals surface area contributed by atoms with Crippen molar-refractivity contribution in [2.75, 3.05) is 0 Å². The quantitative estimate of drug-likeness (QED) is 0.179. The van der Waals surface area contributed by atoms with Crippen molar-refractivity contribution >= 4 is 11.8 Å². The zero-order chi connectivity index (χ0) is 39.3. The van der Waals surface area contributed by atoms with Gasteiger partial charge in [-0.3, -0.25) is 0 Å². The first kappa shape index (κ1) is 34.2. The standard InChI is InChI=1S/C55H37N3S/c1-54(2)43-19-9-6-16-39(43)42-30-28-38(32-48(42)54)53-57-51(35-14-4-3-5-15-35)56-52(58-53)36-26-24-34(25-27-36)37-29-31-47-50(33-37)59-49-23-13-12-22-46(49)55(47)44-20-10-7-17-40(44)41-18-8-11-21-45(41)55/h3-33H,1-2H3. The maximum atomic E-state index is 5.16. The summed E-state index contributed by atoms with van der Waals surface area (Å²) in [5.74, 6) is 1.98. The van der Waals surface area contributed by atoms with Gasteiger partial charge in [-0.2, -0.15) is 0 Å². The molecular formula is C55H37N3S. The molecule has 1 aromatic heterocycles. The van der Waals surface area contributed by atoms with Gasteiger partial charge in [0, 0.05) is 31.9 Å². The second-order valence-electron chi connectivity index (χ2n) is 16.3. The van der Waals surface area contributed by atoms with E-state index < -0.39 is 0 Å². The second-order valence-corrected chi connectivity index (χ2v) is 17.4. The Hall–Kier alpha value is -6.88.